The second-order valence-corrected chi connectivity index (χ2v) is 9.69. The van der Waals surface area contributed by atoms with Gasteiger partial charge in [-0.2, -0.15) is 0 Å². The van der Waals surface area contributed by atoms with Crippen LogP contribution in [-0.2, 0) is 21.9 Å². The minimum atomic E-state index is -4.55. The van der Waals surface area contributed by atoms with Crippen LogP contribution >= 0.6 is 31.2 Å². The lowest BCUT2D eigenvalue weighted by Crippen LogP contribution is -2.41. The standard InChI is InChI=1S/C19H25ClNO5PS/c1-3-13-4-7-17(22)18(10-13)28-15-6-5-14(16(20)11-15)8-9-19(2,21)12-26-27(23,24)25/h4-7,10-11,22H,3,8-9,12,21H2,1-2H3,(H2,23,24,25). The molecule has 1 atom stereocenters. The Morgan fingerprint density at radius 2 is 1.96 bits per heavy atom. The third-order valence-electron chi connectivity index (χ3n) is 4.21. The van der Waals surface area contributed by atoms with Gasteiger partial charge in [0.25, 0.3) is 0 Å². The molecule has 5 N–H and O–H groups in total. The molecule has 2 aromatic rings. The maximum absolute atomic E-state index is 10.8. The van der Waals surface area contributed by atoms with Crippen LogP contribution in [0, 0.1) is 0 Å². The zero-order valence-corrected chi connectivity index (χ0v) is 18.2. The van der Waals surface area contributed by atoms with Gasteiger partial charge in [-0.25, -0.2) is 4.57 Å². The third kappa shape index (κ3) is 7.41. The number of phenols is 1. The fourth-order valence-corrected chi connectivity index (χ4v) is 4.26. The Morgan fingerprint density at radius 1 is 1.25 bits per heavy atom. The Labute approximate surface area is 174 Å². The van der Waals surface area contributed by atoms with Crippen LogP contribution in [0.4, 0.5) is 0 Å². The zero-order chi connectivity index (χ0) is 20.9. The van der Waals surface area contributed by atoms with Crippen LogP contribution < -0.4 is 5.73 Å². The van der Waals surface area contributed by atoms with Crippen molar-refractivity contribution in [3.8, 4) is 5.75 Å². The molecule has 0 aliphatic rings. The fourth-order valence-electron chi connectivity index (χ4n) is 2.51. The van der Waals surface area contributed by atoms with Gasteiger partial charge in [0.05, 0.1) is 11.5 Å². The first-order chi connectivity index (χ1) is 13.0. The molecule has 0 aromatic heterocycles. The summed E-state index contributed by atoms with van der Waals surface area (Å²) >= 11 is 7.84. The summed E-state index contributed by atoms with van der Waals surface area (Å²) in [4.78, 5) is 19.3. The zero-order valence-electron chi connectivity index (χ0n) is 15.8. The van der Waals surface area contributed by atoms with Gasteiger partial charge in [-0.05, 0) is 61.6 Å². The number of aryl methyl sites for hydroxylation is 2. The highest BCUT2D eigenvalue weighted by atomic mass is 35.5. The number of hydrogen-bond donors (Lipinski definition) is 4. The molecule has 0 fully saturated rings. The molecule has 6 nitrogen and oxygen atoms in total. The first kappa shape index (κ1) is 23.2. The predicted octanol–water partition coefficient (Wildman–Crippen LogP) is 4.52. The van der Waals surface area contributed by atoms with Crippen molar-refractivity contribution in [2.45, 2.75) is 48.4 Å². The molecular formula is C19H25ClNO5PS. The molecule has 9 heteroatoms. The lowest BCUT2D eigenvalue weighted by molar-refractivity contribution is 0.154. The summed E-state index contributed by atoms with van der Waals surface area (Å²) in [7, 11) is -4.55. The molecule has 0 amide bonds. The molecule has 1 unspecified atom stereocenters. The van der Waals surface area contributed by atoms with Crippen molar-refractivity contribution in [3.05, 3.63) is 52.5 Å². The summed E-state index contributed by atoms with van der Waals surface area (Å²) in [5.74, 6) is 0.228. The molecule has 0 heterocycles. The minimum Gasteiger partial charge on any atom is -0.507 e. The lowest BCUT2D eigenvalue weighted by Gasteiger charge is -2.24. The highest BCUT2D eigenvalue weighted by molar-refractivity contribution is 7.99. The van der Waals surface area contributed by atoms with E-state index in [4.69, 9.17) is 27.1 Å². The molecular weight excluding hydrogens is 421 g/mol. The topological polar surface area (TPSA) is 113 Å². The molecule has 0 saturated heterocycles. The van der Waals surface area contributed by atoms with E-state index in [0.717, 1.165) is 27.3 Å². The van der Waals surface area contributed by atoms with E-state index in [1.165, 1.54) is 11.8 Å². The van der Waals surface area contributed by atoms with E-state index in [1.807, 2.05) is 30.3 Å². The summed E-state index contributed by atoms with van der Waals surface area (Å²) in [5.41, 5.74) is 7.18. The molecule has 0 radical (unpaired) electrons. The Bertz CT molecular complexity index is 871. The van der Waals surface area contributed by atoms with E-state index < -0.39 is 13.4 Å². The summed E-state index contributed by atoms with van der Waals surface area (Å²) in [6.45, 7) is 3.47. The normalized spacial score (nSPS) is 14.1. The smallest absolute Gasteiger partial charge is 0.469 e. The maximum atomic E-state index is 10.8. The Morgan fingerprint density at radius 3 is 2.57 bits per heavy atom. The minimum absolute atomic E-state index is 0.228. The Balaban J connectivity index is 2.03. The number of hydrogen-bond acceptors (Lipinski definition) is 5. The molecule has 0 bridgehead atoms. The van der Waals surface area contributed by atoms with Gasteiger partial charge in [0.2, 0.25) is 0 Å². The molecule has 2 aromatic carbocycles. The van der Waals surface area contributed by atoms with Crippen LogP contribution in [0.3, 0.4) is 0 Å². The lowest BCUT2D eigenvalue weighted by atomic mass is 9.95. The van der Waals surface area contributed by atoms with Crippen LogP contribution in [0.2, 0.25) is 5.02 Å². The van der Waals surface area contributed by atoms with E-state index in [0.29, 0.717) is 17.9 Å². The van der Waals surface area contributed by atoms with Gasteiger partial charge in [0, 0.05) is 15.5 Å². The van der Waals surface area contributed by atoms with Gasteiger partial charge in [0.1, 0.15) is 5.75 Å². The summed E-state index contributed by atoms with van der Waals surface area (Å²) in [5, 5.41) is 10.6. The van der Waals surface area contributed by atoms with Crippen LogP contribution in [0.25, 0.3) is 0 Å². The average molecular weight is 446 g/mol. The number of phenolic OH excluding ortho intramolecular Hbond substituents is 1. The fraction of sp³-hybridized carbons (Fsp3) is 0.368. The first-order valence-electron chi connectivity index (χ1n) is 8.76. The molecule has 0 aliphatic heterocycles. The van der Waals surface area contributed by atoms with Crippen LogP contribution in [0.5, 0.6) is 5.75 Å². The number of phosphoric acid groups is 1. The Hall–Kier alpha value is -1.05. The van der Waals surface area contributed by atoms with E-state index >= 15 is 0 Å². The number of nitrogens with two attached hydrogens (primary N) is 1. The van der Waals surface area contributed by atoms with Crippen molar-refractivity contribution in [2.24, 2.45) is 5.73 Å². The van der Waals surface area contributed by atoms with Crippen molar-refractivity contribution >= 4 is 31.2 Å². The molecule has 28 heavy (non-hydrogen) atoms. The molecule has 0 saturated carbocycles. The van der Waals surface area contributed by atoms with Gasteiger partial charge < -0.3 is 20.6 Å². The second kappa shape index (κ2) is 9.63. The highest BCUT2D eigenvalue weighted by Gasteiger charge is 2.24. The van der Waals surface area contributed by atoms with Gasteiger partial charge in [0.15, 0.2) is 0 Å². The second-order valence-electron chi connectivity index (χ2n) is 6.93. The van der Waals surface area contributed by atoms with E-state index in [2.05, 4.69) is 11.4 Å². The average Bonchev–Trinajstić information content (AvgIpc) is 2.61. The van der Waals surface area contributed by atoms with Crippen molar-refractivity contribution < 1.29 is 24.0 Å². The van der Waals surface area contributed by atoms with Gasteiger partial charge in [-0.15, -0.1) is 0 Å². The molecule has 0 spiro atoms. The van der Waals surface area contributed by atoms with Gasteiger partial charge >= 0.3 is 7.82 Å². The number of benzene rings is 2. The van der Waals surface area contributed by atoms with Crippen LogP contribution in [-0.4, -0.2) is 27.0 Å². The number of aromatic hydroxyl groups is 1. The number of rotatable bonds is 9. The molecule has 2 rings (SSSR count). The summed E-state index contributed by atoms with van der Waals surface area (Å²) < 4.78 is 15.3. The Kier molecular flexibility index (Phi) is 7.99. The van der Waals surface area contributed by atoms with E-state index in [1.54, 1.807) is 13.0 Å². The van der Waals surface area contributed by atoms with Gasteiger partial charge in [-0.1, -0.05) is 42.4 Å². The summed E-state index contributed by atoms with van der Waals surface area (Å²) in [6, 6.07) is 11.2. The van der Waals surface area contributed by atoms with Crippen LogP contribution in [0.1, 0.15) is 31.4 Å². The maximum Gasteiger partial charge on any atom is 0.469 e. The first-order valence-corrected chi connectivity index (χ1v) is 11.5. The van der Waals surface area contributed by atoms with Crippen molar-refractivity contribution in [1.29, 1.82) is 0 Å². The number of phosphoric ester groups is 1. The van der Waals surface area contributed by atoms with Gasteiger partial charge in [-0.3, -0.25) is 4.52 Å². The van der Waals surface area contributed by atoms with E-state index in [-0.39, 0.29) is 12.4 Å². The van der Waals surface area contributed by atoms with Crippen molar-refractivity contribution in [2.75, 3.05) is 6.61 Å². The largest absolute Gasteiger partial charge is 0.507 e. The van der Waals surface area contributed by atoms with Crippen molar-refractivity contribution in [3.63, 3.8) is 0 Å². The molecule has 0 aliphatic carbocycles. The predicted molar refractivity (Wildman–Crippen MR) is 112 cm³/mol. The quantitative estimate of drug-likeness (QED) is 0.420. The van der Waals surface area contributed by atoms with Crippen molar-refractivity contribution in [1.82, 2.24) is 0 Å². The highest BCUT2D eigenvalue weighted by Crippen LogP contribution is 2.38. The van der Waals surface area contributed by atoms with Crippen LogP contribution in [0.15, 0.2) is 46.2 Å². The summed E-state index contributed by atoms with van der Waals surface area (Å²) in [6.07, 6.45) is 1.87. The molecule has 154 valence electrons. The monoisotopic (exact) mass is 445 g/mol. The number of halogens is 1. The SMILES string of the molecule is CCc1ccc(O)c(Sc2ccc(CCC(C)(N)COP(=O)(O)O)c(Cl)c2)c1. The third-order valence-corrected chi connectivity index (χ3v) is 6.07. The van der Waals surface area contributed by atoms with E-state index in [9.17, 15) is 9.67 Å².